The van der Waals surface area contributed by atoms with Crippen LogP contribution in [0.5, 0.6) is 0 Å². The second kappa shape index (κ2) is 6.90. The van der Waals surface area contributed by atoms with Crippen molar-refractivity contribution in [2.75, 3.05) is 11.9 Å². The molecule has 0 aromatic heterocycles. The Morgan fingerprint density at radius 3 is 2.40 bits per heavy atom. The van der Waals surface area contributed by atoms with Crippen molar-refractivity contribution in [3.8, 4) is 0 Å². The van der Waals surface area contributed by atoms with Gasteiger partial charge in [-0.2, -0.15) is 0 Å². The second-order valence-corrected chi connectivity index (χ2v) is 7.06. The van der Waals surface area contributed by atoms with Crippen molar-refractivity contribution in [3.05, 3.63) is 41.2 Å². The standard InChI is InChI=1S/C18H21F3N2O2/c1-9(2)7-10-14(18(10,3)4)17(25)22-8-13(24)23-12-6-5-11(19)15(20)16(12)21/h5-7,10,14H,8H2,1-4H3,(H,22,25)(H,23,24). The molecule has 0 heterocycles. The van der Waals surface area contributed by atoms with Gasteiger partial charge in [-0.15, -0.1) is 0 Å². The molecular weight excluding hydrogens is 333 g/mol. The van der Waals surface area contributed by atoms with Crippen molar-refractivity contribution in [3.63, 3.8) is 0 Å². The Kier molecular flexibility index (Phi) is 5.25. The molecule has 1 fully saturated rings. The summed E-state index contributed by atoms with van der Waals surface area (Å²) in [7, 11) is 0. The van der Waals surface area contributed by atoms with E-state index in [1.54, 1.807) is 0 Å². The maximum atomic E-state index is 13.5. The number of hydrogen-bond donors (Lipinski definition) is 2. The van der Waals surface area contributed by atoms with Gasteiger partial charge >= 0.3 is 0 Å². The third-order valence-corrected chi connectivity index (χ3v) is 4.44. The van der Waals surface area contributed by atoms with Crippen LogP contribution in [0.25, 0.3) is 0 Å². The minimum absolute atomic E-state index is 0.101. The summed E-state index contributed by atoms with van der Waals surface area (Å²) >= 11 is 0. The molecule has 1 aromatic carbocycles. The first-order valence-corrected chi connectivity index (χ1v) is 7.91. The minimum Gasteiger partial charge on any atom is -0.347 e. The van der Waals surface area contributed by atoms with E-state index in [1.165, 1.54) is 0 Å². The van der Waals surface area contributed by atoms with Crippen LogP contribution in [0.2, 0.25) is 0 Å². The summed E-state index contributed by atoms with van der Waals surface area (Å²) in [6, 6.07) is 1.63. The highest BCUT2D eigenvalue weighted by Gasteiger charge is 2.60. The maximum absolute atomic E-state index is 13.5. The molecule has 2 rings (SSSR count). The van der Waals surface area contributed by atoms with Crippen LogP contribution >= 0.6 is 0 Å². The number of halogens is 3. The van der Waals surface area contributed by atoms with E-state index in [4.69, 9.17) is 0 Å². The quantitative estimate of drug-likeness (QED) is 0.629. The number of nitrogens with one attached hydrogen (secondary N) is 2. The highest BCUT2D eigenvalue weighted by Crippen LogP contribution is 2.59. The Balaban J connectivity index is 1.92. The number of hydrogen-bond acceptors (Lipinski definition) is 2. The van der Waals surface area contributed by atoms with Crippen molar-refractivity contribution >= 4 is 17.5 Å². The average molecular weight is 354 g/mol. The second-order valence-electron chi connectivity index (χ2n) is 7.06. The van der Waals surface area contributed by atoms with Crippen LogP contribution in [-0.4, -0.2) is 18.4 Å². The number of rotatable bonds is 5. The topological polar surface area (TPSA) is 58.2 Å². The molecule has 136 valence electrons. The van der Waals surface area contributed by atoms with E-state index in [0.717, 1.165) is 11.6 Å². The summed E-state index contributed by atoms with van der Waals surface area (Å²) < 4.78 is 39.5. The summed E-state index contributed by atoms with van der Waals surface area (Å²) in [4.78, 5) is 24.0. The Morgan fingerprint density at radius 2 is 1.80 bits per heavy atom. The number of carbonyl (C=O) groups excluding carboxylic acids is 2. The first kappa shape index (κ1) is 19.0. The highest BCUT2D eigenvalue weighted by molar-refractivity contribution is 5.95. The van der Waals surface area contributed by atoms with Crippen molar-refractivity contribution in [1.82, 2.24) is 5.32 Å². The molecule has 2 unspecified atom stereocenters. The first-order valence-electron chi connectivity index (χ1n) is 7.91. The predicted molar refractivity (Wildman–Crippen MR) is 88.1 cm³/mol. The molecule has 25 heavy (non-hydrogen) atoms. The predicted octanol–water partition coefficient (Wildman–Crippen LogP) is 3.40. The van der Waals surface area contributed by atoms with Crippen LogP contribution < -0.4 is 10.6 Å². The van der Waals surface area contributed by atoms with E-state index in [9.17, 15) is 22.8 Å². The van der Waals surface area contributed by atoms with Gasteiger partial charge in [-0.1, -0.05) is 25.5 Å². The third kappa shape index (κ3) is 4.03. The molecule has 0 spiro atoms. The highest BCUT2D eigenvalue weighted by atomic mass is 19.2. The van der Waals surface area contributed by atoms with E-state index in [1.807, 2.05) is 33.8 Å². The molecule has 7 heteroatoms. The van der Waals surface area contributed by atoms with E-state index < -0.39 is 29.0 Å². The zero-order valence-electron chi connectivity index (χ0n) is 14.5. The number of carbonyl (C=O) groups is 2. The molecule has 1 aliphatic carbocycles. The number of benzene rings is 1. The van der Waals surface area contributed by atoms with Gasteiger partial charge in [0.1, 0.15) is 0 Å². The van der Waals surface area contributed by atoms with Crippen LogP contribution in [0, 0.1) is 34.7 Å². The van der Waals surface area contributed by atoms with Gasteiger partial charge in [0.05, 0.1) is 18.2 Å². The van der Waals surface area contributed by atoms with Gasteiger partial charge in [0.15, 0.2) is 17.5 Å². The van der Waals surface area contributed by atoms with Gasteiger partial charge in [-0.05, 0) is 37.3 Å². The Bertz CT molecular complexity index is 740. The molecule has 2 N–H and O–H groups in total. The monoisotopic (exact) mass is 354 g/mol. The van der Waals surface area contributed by atoms with Crippen LogP contribution in [-0.2, 0) is 9.59 Å². The maximum Gasteiger partial charge on any atom is 0.243 e. The smallest absolute Gasteiger partial charge is 0.243 e. The molecule has 1 saturated carbocycles. The molecule has 1 aliphatic rings. The summed E-state index contributed by atoms with van der Waals surface area (Å²) in [5.74, 6) is -5.62. The molecule has 4 nitrogen and oxygen atoms in total. The molecule has 2 atom stereocenters. The normalized spacial score (nSPS) is 20.6. The number of amides is 2. The van der Waals surface area contributed by atoms with Crippen LogP contribution in [0.1, 0.15) is 27.7 Å². The fourth-order valence-electron chi connectivity index (χ4n) is 2.94. The minimum atomic E-state index is -1.66. The fourth-order valence-corrected chi connectivity index (χ4v) is 2.94. The zero-order chi connectivity index (χ0) is 18.9. The van der Waals surface area contributed by atoms with E-state index in [0.29, 0.717) is 6.07 Å². The third-order valence-electron chi connectivity index (χ3n) is 4.44. The summed E-state index contributed by atoms with van der Waals surface area (Å²) in [6.07, 6.45) is 2.03. The van der Waals surface area contributed by atoms with Gasteiger partial charge in [0.2, 0.25) is 11.8 Å². The molecule has 1 aromatic rings. The number of anilines is 1. The Labute approximate surface area is 144 Å². The van der Waals surface area contributed by atoms with Gasteiger partial charge in [0.25, 0.3) is 0 Å². The first-order chi connectivity index (χ1) is 11.6. The summed E-state index contributed by atoms with van der Waals surface area (Å²) in [5.41, 5.74) is 0.441. The SMILES string of the molecule is CC(C)=CC1C(C(=O)NCC(=O)Nc2ccc(F)c(F)c2F)C1(C)C. The zero-order valence-corrected chi connectivity index (χ0v) is 14.5. The molecule has 0 aliphatic heterocycles. The summed E-state index contributed by atoms with van der Waals surface area (Å²) in [5, 5.41) is 4.61. The van der Waals surface area contributed by atoms with Crippen molar-refractivity contribution in [2.45, 2.75) is 27.7 Å². The van der Waals surface area contributed by atoms with Crippen LogP contribution in [0.3, 0.4) is 0 Å². The van der Waals surface area contributed by atoms with Crippen molar-refractivity contribution in [1.29, 1.82) is 0 Å². The molecule has 2 amide bonds. The average Bonchev–Trinajstić information content (AvgIpc) is 3.05. The molecule has 0 radical (unpaired) electrons. The number of allylic oxidation sites excluding steroid dienone is 2. The Hall–Kier alpha value is -2.31. The van der Waals surface area contributed by atoms with Gasteiger partial charge < -0.3 is 10.6 Å². The van der Waals surface area contributed by atoms with E-state index >= 15 is 0 Å². The fraction of sp³-hybridized carbons (Fsp3) is 0.444. The van der Waals surface area contributed by atoms with E-state index in [2.05, 4.69) is 10.6 Å². The molecule has 0 saturated heterocycles. The van der Waals surface area contributed by atoms with Gasteiger partial charge in [0, 0.05) is 0 Å². The molecule has 0 bridgehead atoms. The van der Waals surface area contributed by atoms with Crippen LogP contribution in [0.4, 0.5) is 18.9 Å². The summed E-state index contributed by atoms with van der Waals surface area (Å²) in [6.45, 7) is 7.46. The van der Waals surface area contributed by atoms with Crippen molar-refractivity contribution in [2.24, 2.45) is 17.3 Å². The molecular formula is C18H21F3N2O2. The largest absolute Gasteiger partial charge is 0.347 e. The lowest BCUT2D eigenvalue weighted by Crippen LogP contribution is -2.35. The van der Waals surface area contributed by atoms with Crippen molar-refractivity contribution < 1.29 is 22.8 Å². The lowest BCUT2D eigenvalue weighted by Gasteiger charge is -2.09. The van der Waals surface area contributed by atoms with Gasteiger partial charge in [-0.25, -0.2) is 13.2 Å². The van der Waals surface area contributed by atoms with E-state index in [-0.39, 0.29) is 29.7 Å². The lowest BCUT2D eigenvalue weighted by molar-refractivity contribution is -0.125. The Morgan fingerprint density at radius 1 is 1.16 bits per heavy atom. The van der Waals surface area contributed by atoms with Crippen LogP contribution in [0.15, 0.2) is 23.8 Å². The lowest BCUT2D eigenvalue weighted by atomic mass is 10.1. The van der Waals surface area contributed by atoms with Gasteiger partial charge in [-0.3, -0.25) is 9.59 Å².